The van der Waals surface area contributed by atoms with E-state index in [1.54, 1.807) is 25.3 Å². The molecule has 0 spiro atoms. The first-order valence-corrected chi connectivity index (χ1v) is 14.7. The Kier molecular flexibility index (Phi) is 8.75. The lowest BCUT2D eigenvalue weighted by Crippen LogP contribution is -2.37. The molecular formula is C28H28BrFN4O5S. The smallest absolute Gasteiger partial charge is 0.338 e. The molecule has 1 aromatic carbocycles. The molecule has 210 valence electrons. The number of ether oxygens (including phenoxy) is 2. The Morgan fingerprint density at radius 2 is 2.00 bits per heavy atom. The number of carbonyl (C=O) groups is 2. The molecular weight excluding hydrogens is 603 g/mol. The van der Waals surface area contributed by atoms with Crippen molar-refractivity contribution in [3.63, 3.8) is 0 Å². The second-order valence-electron chi connectivity index (χ2n) is 9.51. The van der Waals surface area contributed by atoms with Crippen LogP contribution in [0.5, 0.6) is 0 Å². The zero-order chi connectivity index (χ0) is 28.2. The van der Waals surface area contributed by atoms with Crippen LogP contribution in [0.1, 0.15) is 66.7 Å². The van der Waals surface area contributed by atoms with E-state index in [0.717, 1.165) is 25.7 Å². The predicted octanol–water partition coefficient (Wildman–Crippen LogP) is 5.63. The number of esters is 2. The minimum atomic E-state index is -0.789. The van der Waals surface area contributed by atoms with Crippen LogP contribution in [0.15, 0.2) is 61.2 Å². The fourth-order valence-corrected chi connectivity index (χ4v) is 6.28. The third kappa shape index (κ3) is 5.87. The van der Waals surface area contributed by atoms with Crippen molar-refractivity contribution in [2.24, 2.45) is 10.9 Å². The van der Waals surface area contributed by atoms with Crippen LogP contribution < -0.4 is 5.32 Å². The molecule has 40 heavy (non-hydrogen) atoms. The molecule has 12 heteroatoms. The molecule has 1 atom stereocenters. The second-order valence-corrected chi connectivity index (χ2v) is 11.2. The van der Waals surface area contributed by atoms with Gasteiger partial charge < -0.3 is 19.2 Å². The Morgan fingerprint density at radius 1 is 1.23 bits per heavy atom. The summed E-state index contributed by atoms with van der Waals surface area (Å²) in [5.74, 6) is -0.113. The monoisotopic (exact) mass is 630 g/mol. The molecule has 1 saturated carbocycles. The van der Waals surface area contributed by atoms with Crippen molar-refractivity contribution >= 4 is 45.0 Å². The van der Waals surface area contributed by atoms with E-state index in [2.05, 4.69) is 31.2 Å². The number of halogens is 2. The van der Waals surface area contributed by atoms with Gasteiger partial charge in [0, 0.05) is 23.2 Å². The van der Waals surface area contributed by atoms with Crippen LogP contribution in [-0.2, 0) is 25.5 Å². The molecule has 0 bridgehead atoms. The number of hydrogen-bond acceptors (Lipinski definition) is 10. The first kappa shape index (κ1) is 28.2. The maximum Gasteiger partial charge on any atom is 0.338 e. The summed E-state index contributed by atoms with van der Waals surface area (Å²) in [6.07, 6.45) is 6.28. The lowest BCUT2D eigenvalue weighted by atomic mass is 9.78. The molecule has 1 fully saturated rings. The van der Waals surface area contributed by atoms with Gasteiger partial charge in [0.15, 0.2) is 16.7 Å². The standard InChI is InChI=1S/C28H28BrFN4O5S/c1-3-38-20(35)13-17-14-39-26(32-17)16-9-7-15(8-10-16)23-21(28(36)37-2)24(18-5-4-6-19(30)22(18)29)34-25(33-23)27-31-11-12-40-27/h4-6,11-12,14-16,24H,3,7-10,13H2,1-2H3,(H,33,34)/t15-,16-,24?. The highest BCUT2D eigenvalue weighted by atomic mass is 79.9. The lowest BCUT2D eigenvalue weighted by molar-refractivity contribution is -0.142. The summed E-state index contributed by atoms with van der Waals surface area (Å²) in [6, 6.07) is 3.91. The van der Waals surface area contributed by atoms with Gasteiger partial charge in [0.2, 0.25) is 0 Å². The van der Waals surface area contributed by atoms with E-state index in [1.165, 1.54) is 30.8 Å². The lowest BCUT2D eigenvalue weighted by Gasteiger charge is -2.34. The van der Waals surface area contributed by atoms with Gasteiger partial charge in [0.05, 0.1) is 35.9 Å². The van der Waals surface area contributed by atoms with E-state index in [1.807, 2.05) is 5.38 Å². The minimum Gasteiger partial charge on any atom is -0.466 e. The number of nitrogens with zero attached hydrogens (tertiary/aromatic N) is 3. The van der Waals surface area contributed by atoms with E-state index in [0.29, 0.717) is 45.9 Å². The van der Waals surface area contributed by atoms with Crippen LogP contribution in [0.4, 0.5) is 4.39 Å². The molecule has 2 aromatic heterocycles. The number of hydrogen-bond donors (Lipinski definition) is 1. The van der Waals surface area contributed by atoms with Gasteiger partial charge in [0.25, 0.3) is 0 Å². The Hall–Kier alpha value is -3.38. The summed E-state index contributed by atoms with van der Waals surface area (Å²) in [5.41, 5.74) is 2.14. The molecule has 2 aliphatic rings. The van der Waals surface area contributed by atoms with E-state index in [-0.39, 0.29) is 28.7 Å². The van der Waals surface area contributed by atoms with Crippen molar-refractivity contribution in [1.29, 1.82) is 0 Å². The van der Waals surface area contributed by atoms with Crippen molar-refractivity contribution in [3.05, 3.63) is 79.8 Å². The van der Waals surface area contributed by atoms with Gasteiger partial charge in [-0.05, 0) is 66.1 Å². The zero-order valence-corrected chi connectivity index (χ0v) is 24.4. The normalized spacial score (nSPS) is 21.0. The van der Waals surface area contributed by atoms with Crippen LogP contribution in [-0.4, -0.2) is 41.5 Å². The number of allylic oxidation sites excluding steroid dienone is 1. The number of methoxy groups -OCH3 is 1. The molecule has 1 unspecified atom stereocenters. The highest BCUT2D eigenvalue weighted by Gasteiger charge is 2.38. The number of nitrogens with one attached hydrogen (secondary N) is 1. The molecule has 1 aliphatic carbocycles. The van der Waals surface area contributed by atoms with Crippen LogP contribution >= 0.6 is 27.3 Å². The quantitative estimate of drug-likeness (QED) is 0.318. The summed E-state index contributed by atoms with van der Waals surface area (Å²) in [7, 11) is 1.33. The number of oxazole rings is 1. The molecule has 5 rings (SSSR count). The summed E-state index contributed by atoms with van der Waals surface area (Å²) in [4.78, 5) is 38.8. The highest BCUT2D eigenvalue weighted by molar-refractivity contribution is 9.10. The first-order chi connectivity index (χ1) is 19.4. The number of benzene rings is 1. The van der Waals surface area contributed by atoms with Gasteiger partial charge in [-0.1, -0.05) is 12.1 Å². The highest BCUT2D eigenvalue weighted by Crippen LogP contribution is 2.43. The summed E-state index contributed by atoms with van der Waals surface area (Å²) >= 11 is 4.78. The number of carbonyl (C=O) groups excluding carboxylic acids is 2. The number of rotatable bonds is 8. The number of aromatic nitrogens is 2. The Labute approximate surface area is 243 Å². The van der Waals surface area contributed by atoms with Crippen molar-refractivity contribution in [2.45, 2.75) is 51.0 Å². The molecule has 1 N–H and O–H groups in total. The summed E-state index contributed by atoms with van der Waals surface area (Å²) in [6.45, 7) is 2.08. The third-order valence-electron chi connectivity index (χ3n) is 7.08. The van der Waals surface area contributed by atoms with Gasteiger partial charge in [-0.3, -0.25) is 9.79 Å². The average Bonchev–Trinajstić information content (AvgIpc) is 3.67. The fraction of sp³-hybridized carbons (Fsp3) is 0.393. The Bertz CT molecular complexity index is 1450. The second kappa shape index (κ2) is 12.4. The van der Waals surface area contributed by atoms with Crippen LogP contribution in [0.25, 0.3) is 0 Å². The largest absolute Gasteiger partial charge is 0.466 e. The van der Waals surface area contributed by atoms with Gasteiger partial charge in [-0.25, -0.2) is 19.2 Å². The predicted molar refractivity (Wildman–Crippen MR) is 149 cm³/mol. The molecule has 0 saturated heterocycles. The SMILES string of the molecule is CCOC(=O)Cc1coc([C@H]2CC[C@H](C3=C(C(=O)OC)C(c4cccc(F)c4Br)N=C(c4nccs4)N3)CC2)n1. The van der Waals surface area contributed by atoms with Crippen molar-refractivity contribution in [3.8, 4) is 0 Å². The van der Waals surface area contributed by atoms with Crippen LogP contribution in [0, 0.1) is 11.7 Å². The first-order valence-electron chi connectivity index (χ1n) is 13.0. The molecule has 9 nitrogen and oxygen atoms in total. The van der Waals surface area contributed by atoms with Gasteiger partial charge in [-0.15, -0.1) is 11.3 Å². The number of thiazole rings is 1. The summed E-state index contributed by atoms with van der Waals surface area (Å²) < 4.78 is 30.8. The average molecular weight is 632 g/mol. The van der Waals surface area contributed by atoms with E-state index >= 15 is 0 Å². The molecule has 1 aliphatic heterocycles. The van der Waals surface area contributed by atoms with Crippen LogP contribution in [0.2, 0.25) is 0 Å². The maximum atomic E-state index is 14.6. The fourth-order valence-electron chi connectivity index (χ4n) is 5.21. The Morgan fingerprint density at radius 3 is 2.70 bits per heavy atom. The number of amidine groups is 1. The molecule has 3 heterocycles. The molecule has 3 aromatic rings. The van der Waals surface area contributed by atoms with Crippen molar-refractivity contribution < 1.29 is 27.9 Å². The summed E-state index contributed by atoms with van der Waals surface area (Å²) in [5, 5.41) is 5.91. The third-order valence-corrected chi connectivity index (χ3v) is 8.69. The molecule has 0 amide bonds. The minimum absolute atomic E-state index is 0.0142. The van der Waals surface area contributed by atoms with E-state index in [9.17, 15) is 14.0 Å². The van der Waals surface area contributed by atoms with Gasteiger partial charge in [-0.2, -0.15) is 0 Å². The van der Waals surface area contributed by atoms with Crippen LogP contribution in [0.3, 0.4) is 0 Å². The number of aliphatic imine (C=N–C) groups is 1. The van der Waals surface area contributed by atoms with Gasteiger partial charge >= 0.3 is 11.9 Å². The Balaban J connectivity index is 1.44. The van der Waals surface area contributed by atoms with Crippen molar-refractivity contribution in [2.75, 3.05) is 13.7 Å². The zero-order valence-electron chi connectivity index (χ0n) is 22.0. The topological polar surface area (TPSA) is 116 Å². The van der Waals surface area contributed by atoms with Gasteiger partial charge in [0.1, 0.15) is 18.1 Å². The van der Waals surface area contributed by atoms with Crippen molar-refractivity contribution in [1.82, 2.24) is 15.3 Å². The molecule has 0 radical (unpaired) electrons. The van der Waals surface area contributed by atoms with E-state index < -0.39 is 17.8 Å². The van der Waals surface area contributed by atoms with E-state index in [4.69, 9.17) is 18.9 Å². The maximum absolute atomic E-state index is 14.6.